The fourth-order valence-corrected chi connectivity index (χ4v) is 3.16. The van der Waals surface area contributed by atoms with Gasteiger partial charge in [0, 0.05) is 16.8 Å². The van der Waals surface area contributed by atoms with Gasteiger partial charge >= 0.3 is 5.82 Å². The molecule has 142 valence electrons. The molecule has 0 unspecified atom stereocenters. The van der Waals surface area contributed by atoms with Crippen molar-refractivity contribution < 1.29 is 9.48 Å². The minimum absolute atomic E-state index is 0.108. The molecule has 2 N–H and O–H groups in total. The van der Waals surface area contributed by atoms with Gasteiger partial charge in [-0.3, -0.25) is 4.79 Å². The van der Waals surface area contributed by atoms with E-state index in [1.807, 2.05) is 29.8 Å². The molecule has 0 radical (unpaired) electrons. The van der Waals surface area contributed by atoms with Crippen molar-refractivity contribution in [3.63, 3.8) is 0 Å². The minimum Gasteiger partial charge on any atom is -0.285 e. The summed E-state index contributed by atoms with van der Waals surface area (Å²) in [6.07, 6.45) is 1.79. The number of halogens is 1. The average Bonchev–Trinajstić information content (AvgIpc) is 3.28. The first-order valence-electron chi connectivity index (χ1n) is 8.96. The summed E-state index contributed by atoms with van der Waals surface area (Å²) in [5, 5.41) is 11.6. The second-order valence-electron chi connectivity index (χ2n) is 6.87. The summed E-state index contributed by atoms with van der Waals surface area (Å²) in [5.74, 6) is 1.26. The van der Waals surface area contributed by atoms with E-state index in [0.29, 0.717) is 16.4 Å². The number of carbonyl (C=O) groups excluding carboxylic acids is 1. The minimum atomic E-state index is -0.266. The number of nitrogens with one attached hydrogen (secondary N) is 2. The number of aryl methyl sites for hydroxylation is 1. The van der Waals surface area contributed by atoms with E-state index in [1.165, 1.54) is 0 Å². The zero-order chi connectivity index (χ0) is 19.8. The zero-order valence-corrected chi connectivity index (χ0v) is 16.5. The lowest BCUT2D eigenvalue weighted by atomic mass is 10.1. The van der Waals surface area contributed by atoms with Crippen molar-refractivity contribution in [1.29, 1.82) is 0 Å². The molecule has 28 heavy (non-hydrogen) atoms. The number of carbonyl (C=O) groups is 1. The van der Waals surface area contributed by atoms with Crippen LogP contribution in [0.3, 0.4) is 0 Å². The summed E-state index contributed by atoms with van der Waals surface area (Å²) in [7, 11) is 0. The number of anilines is 2. The third-order valence-corrected chi connectivity index (χ3v) is 4.62. The van der Waals surface area contributed by atoms with Crippen LogP contribution in [0.15, 0.2) is 48.7 Å². The van der Waals surface area contributed by atoms with Crippen LogP contribution >= 0.6 is 11.6 Å². The van der Waals surface area contributed by atoms with Crippen molar-refractivity contribution in [2.24, 2.45) is 0 Å². The predicted molar refractivity (Wildman–Crippen MR) is 107 cm³/mol. The second-order valence-corrected chi connectivity index (χ2v) is 7.31. The Morgan fingerprint density at radius 1 is 1.25 bits per heavy atom. The van der Waals surface area contributed by atoms with Gasteiger partial charge in [-0.25, -0.2) is 14.9 Å². The molecule has 4 rings (SSSR count). The lowest BCUT2D eigenvalue weighted by molar-refractivity contribution is -0.755. The van der Waals surface area contributed by atoms with Crippen LogP contribution in [0.5, 0.6) is 0 Å². The molecule has 0 saturated carbocycles. The summed E-state index contributed by atoms with van der Waals surface area (Å²) in [5.41, 5.74) is 2.28. The molecule has 1 aromatic carbocycles. The lowest BCUT2D eigenvalue weighted by Crippen LogP contribution is -2.40. The molecular weight excluding hydrogens is 376 g/mol. The van der Waals surface area contributed by atoms with Crippen LogP contribution in [-0.2, 0) is 0 Å². The largest absolute Gasteiger partial charge is 0.301 e. The Kier molecular flexibility index (Phi) is 4.60. The number of rotatable bonds is 5. The Bertz CT molecular complexity index is 1160. The first-order valence-corrected chi connectivity index (χ1v) is 9.34. The Labute approximate surface area is 167 Å². The lowest BCUT2D eigenvalue weighted by Gasteiger charge is -2.07. The van der Waals surface area contributed by atoms with Gasteiger partial charge in [0.15, 0.2) is 0 Å². The average molecular weight is 396 g/mol. The molecule has 3 aromatic heterocycles. The maximum absolute atomic E-state index is 12.9. The Morgan fingerprint density at radius 2 is 2.00 bits per heavy atom. The highest BCUT2D eigenvalue weighted by Crippen LogP contribution is 2.21. The standard InChI is InChI=1S/C20H19ClN6O/c1-12(2)27-17(11-13(3)24-27)22-19-16-5-4-10-26(16)25-20(23-19)18(28)14-6-8-15(21)9-7-14/h4-12H,1-3H3,(H,22,23,24,25)/p+1. The number of aromatic amines is 1. The van der Waals surface area contributed by atoms with Gasteiger partial charge in [0.2, 0.25) is 17.4 Å². The van der Waals surface area contributed by atoms with Crippen LogP contribution in [0.2, 0.25) is 5.02 Å². The number of benzene rings is 1. The van der Waals surface area contributed by atoms with Gasteiger partial charge in [-0.15, -0.1) is 5.10 Å². The van der Waals surface area contributed by atoms with Crippen LogP contribution in [0, 0.1) is 6.92 Å². The van der Waals surface area contributed by atoms with Crippen molar-refractivity contribution in [3.05, 3.63) is 70.8 Å². The fourth-order valence-electron chi connectivity index (χ4n) is 3.04. The Morgan fingerprint density at radius 3 is 2.71 bits per heavy atom. The topological polar surface area (TPSA) is 79.0 Å². The third-order valence-electron chi connectivity index (χ3n) is 4.37. The van der Waals surface area contributed by atoms with Crippen LogP contribution in [0.4, 0.5) is 11.6 Å². The highest BCUT2D eigenvalue weighted by Gasteiger charge is 2.22. The van der Waals surface area contributed by atoms with Crippen molar-refractivity contribution in [2.45, 2.75) is 26.8 Å². The number of H-pyrrole nitrogens is 1. The quantitative estimate of drug-likeness (QED) is 0.397. The molecule has 0 aliphatic carbocycles. The molecule has 0 spiro atoms. The summed E-state index contributed by atoms with van der Waals surface area (Å²) < 4.78 is 3.66. The number of fused-ring (bicyclic) bond motifs is 1. The Balaban J connectivity index is 1.78. The predicted octanol–water partition coefficient (Wildman–Crippen LogP) is 3.86. The SMILES string of the molecule is Cc1cc(Nc2nc(C(=O)c3ccc(Cl)cc3)nn3cccc23)[n+](C(C)C)[nH]1. The molecular formula is C20H20ClN6O+. The van der Waals surface area contributed by atoms with Crippen molar-refractivity contribution in [2.75, 3.05) is 5.32 Å². The summed E-state index contributed by atoms with van der Waals surface area (Å²) >= 11 is 5.92. The van der Waals surface area contributed by atoms with Gasteiger partial charge in [0.25, 0.3) is 0 Å². The molecule has 0 aliphatic rings. The summed E-state index contributed by atoms with van der Waals surface area (Å²) in [6, 6.07) is 12.7. The molecule has 3 heterocycles. The van der Waals surface area contributed by atoms with Crippen LogP contribution < -0.4 is 10.00 Å². The van der Waals surface area contributed by atoms with E-state index in [-0.39, 0.29) is 17.6 Å². The number of nitrogens with zero attached hydrogens (tertiary/aromatic N) is 4. The van der Waals surface area contributed by atoms with Crippen molar-refractivity contribution in [1.82, 2.24) is 19.7 Å². The smallest absolute Gasteiger partial charge is 0.285 e. The number of aromatic nitrogens is 5. The van der Waals surface area contributed by atoms with Crippen LogP contribution in [0.25, 0.3) is 5.52 Å². The van der Waals surface area contributed by atoms with E-state index in [2.05, 4.69) is 34.3 Å². The molecule has 0 saturated heterocycles. The van der Waals surface area contributed by atoms with Gasteiger partial charge in [0.1, 0.15) is 11.6 Å². The monoisotopic (exact) mass is 395 g/mol. The first-order chi connectivity index (χ1) is 13.4. The van der Waals surface area contributed by atoms with E-state index >= 15 is 0 Å². The Hall–Kier alpha value is -3.19. The van der Waals surface area contributed by atoms with E-state index < -0.39 is 0 Å². The zero-order valence-electron chi connectivity index (χ0n) is 15.8. The van der Waals surface area contributed by atoms with E-state index in [1.54, 1.807) is 35.0 Å². The maximum atomic E-state index is 12.9. The van der Waals surface area contributed by atoms with Gasteiger partial charge in [-0.1, -0.05) is 11.6 Å². The second kappa shape index (κ2) is 7.09. The normalized spacial score (nSPS) is 11.3. The molecule has 7 nitrogen and oxygen atoms in total. The highest BCUT2D eigenvalue weighted by atomic mass is 35.5. The number of hydrogen-bond donors (Lipinski definition) is 2. The third kappa shape index (κ3) is 3.36. The van der Waals surface area contributed by atoms with Gasteiger partial charge in [0.05, 0.1) is 11.8 Å². The molecule has 0 atom stereocenters. The first kappa shape index (κ1) is 18.2. The highest BCUT2D eigenvalue weighted by molar-refractivity contribution is 6.30. The van der Waals surface area contributed by atoms with Crippen LogP contribution in [0.1, 0.15) is 41.8 Å². The summed E-state index contributed by atoms with van der Waals surface area (Å²) in [4.78, 5) is 17.4. The van der Waals surface area contributed by atoms with Crippen molar-refractivity contribution in [3.8, 4) is 0 Å². The summed E-state index contributed by atoms with van der Waals surface area (Å²) in [6.45, 7) is 6.17. The molecule has 4 aromatic rings. The van der Waals surface area contributed by atoms with Gasteiger partial charge < -0.3 is 0 Å². The fraction of sp³-hybridized carbons (Fsp3) is 0.200. The molecule has 0 amide bonds. The molecule has 0 aliphatic heterocycles. The molecule has 0 fully saturated rings. The number of ketones is 1. The maximum Gasteiger partial charge on any atom is 0.301 e. The van der Waals surface area contributed by atoms with Gasteiger partial charge in [-0.05, 0) is 57.2 Å². The van der Waals surface area contributed by atoms with E-state index in [9.17, 15) is 4.79 Å². The molecule has 8 heteroatoms. The van der Waals surface area contributed by atoms with Crippen LogP contribution in [-0.4, -0.2) is 25.5 Å². The number of hydrogen-bond acceptors (Lipinski definition) is 4. The van der Waals surface area contributed by atoms with Gasteiger partial charge in [-0.2, -0.15) is 9.67 Å². The van der Waals surface area contributed by atoms with E-state index in [4.69, 9.17) is 11.6 Å². The van der Waals surface area contributed by atoms with E-state index in [0.717, 1.165) is 17.0 Å². The molecule has 0 bridgehead atoms. The van der Waals surface area contributed by atoms with Crippen molar-refractivity contribution >= 4 is 34.5 Å².